The van der Waals surface area contributed by atoms with Crippen molar-refractivity contribution >= 4 is 16.9 Å². The van der Waals surface area contributed by atoms with E-state index in [-0.39, 0.29) is 18.4 Å². The third-order valence-electron chi connectivity index (χ3n) is 4.49. The van der Waals surface area contributed by atoms with Crippen molar-refractivity contribution in [2.45, 2.75) is 31.7 Å². The van der Waals surface area contributed by atoms with E-state index >= 15 is 0 Å². The van der Waals surface area contributed by atoms with Crippen LogP contribution >= 0.6 is 0 Å². The number of aryl methyl sites for hydroxylation is 1. The predicted molar refractivity (Wildman–Crippen MR) is 84.7 cm³/mol. The molecule has 4 rings (SSSR count). The molecule has 6 nitrogen and oxygen atoms in total. The highest BCUT2D eigenvalue weighted by Crippen LogP contribution is 2.29. The van der Waals surface area contributed by atoms with Crippen LogP contribution in [-0.2, 0) is 24.7 Å². The Kier molecular flexibility index (Phi) is 3.37. The Balaban J connectivity index is 1.51. The minimum atomic E-state index is -0.0363. The molecule has 2 aromatic heterocycles. The zero-order valence-electron chi connectivity index (χ0n) is 13.0. The molecule has 0 unspecified atom stereocenters. The molecule has 1 aliphatic carbocycles. The van der Waals surface area contributed by atoms with Gasteiger partial charge in [-0.2, -0.15) is 5.10 Å². The predicted octanol–water partition coefficient (Wildman–Crippen LogP) is 2.30. The van der Waals surface area contributed by atoms with Gasteiger partial charge in [0, 0.05) is 23.7 Å². The molecule has 1 atom stereocenters. The highest BCUT2D eigenvalue weighted by molar-refractivity contribution is 5.86. The summed E-state index contributed by atoms with van der Waals surface area (Å²) in [6, 6.07) is 7.63. The molecule has 23 heavy (non-hydrogen) atoms. The van der Waals surface area contributed by atoms with Gasteiger partial charge in [-0.25, -0.2) is 0 Å². The lowest BCUT2D eigenvalue weighted by Crippen LogP contribution is -2.32. The highest BCUT2D eigenvalue weighted by Gasteiger charge is 2.25. The van der Waals surface area contributed by atoms with E-state index in [1.165, 1.54) is 5.69 Å². The molecule has 118 valence electrons. The van der Waals surface area contributed by atoms with Crippen molar-refractivity contribution in [2.24, 2.45) is 7.05 Å². The summed E-state index contributed by atoms with van der Waals surface area (Å²) in [7, 11) is 1.95. The van der Waals surface area contributed by atoms with Gasteiger partial charge >= 0.3 is 0 Å². The van der Waals surface area contributed by atoms with Crippen LogP contribution in [-0.4, -0.2) is 20.8 Å². The lowest BCUT2D eigenvalue weighted by Gasteiger charge is -2.23. The van der Waals surface area contributed by atoms with Crippen LogP contribution in [0.5, 0.6) is 0 Å². The summed E-state index contributed by atoms with van der Waals surface area (Å²) in [5, 5.41) is 12.3. The quantitative estimate of drug-likeness (QED) is 0.805. The topological polar surface area (TPSA) is 73.0 Å². The maximum absolute atomic E-state index is 12.4. The molecule has 1 aliphatic rings. The van der Waals surface area contributed by atoms with Crippen molar-refractivity contribution in [2.75, 3.05) is 0 Å². The first-order valence-electron chi connectivity index (χ1n) is 7.86. The molecule has 6 heteroatoms. The van der Waals surface area contributed by atoms with Crippen molar-refractivity contribution in [3.63, 3.8) is 0 Å². The van der Waals surface area contributed by atoms with Crippen LogP contribution in [0.25, 0.3) is 11.0 Å². The molecule has 0 spiro atoms. The highest BCUT2D eigenvalue weighted by atomic mass is 16.5. The largest absolute Gasteiger partial charge is 0.356 e. The number of para-hydroxylation sites is 1. The number of nitrogens with one attached hydrogen (secondary N) is 1. The van der Waals surface area contributed by atoms with Crippen LogP contribution in [0.3, 0.4) is 0 Å². The fraction of sp³-hybridized carbons (Fsp3) is 0.353. The summed E-state index contributed by atoms with van der Waals surface area (Å²) >= 11 is 0. The Morgan fingerprint density at radius 3 is 3.22 bits per heavy atom. The molecule has 0 aliphatic heterocycles. The maximum atomic E-state index is 12.4. The first kappa shape index (κ1) is 14.0. The van der Waals surface area contributed by atoms with Crippen LogP contribution in [0.4, 0.5) is 0 Å². The molecular weight excluding hydrogens is 292 g/mol. The van der Waals surface area contributed by atoms with Gasteiger partial charge < -0.3 is 9.84 Å². The second-order valence-corrected chi connectivity index (χ2v) is 5.98. The molecule has 0 saturated carbocycles. The van der Waals surface area contributed by atoms with Crippen molar-refractivity contribution in [1.82, 2.24) is 20.3 Å². The number of hydrogen-bond donors (Lipinski definition) is 1. The number of benzene rings is 1. The second kappa shape index (κ2) is 5.53. The minimum absolute atomic E-state index is 0.0363. The standard InChI is InChI=1S/C17H18N4O2/c1-21-15-7-4-6-13(12(15)10-18-21)19-17(22)9-14-11-5-2-3-8-16(11)23-20-14/h2-3,5,8,10,13H,4,6-7,9H2,1H3,(H,19,22)/t13-/m0/s1. The lowest BCUT2D eigenvalue weighted by molar-refractivity contribution is -0.121. The summed E-state index contributed by atoms with van der Waals surface area (Å²) < 4.78 is 7.16. The van der Waals surface area contributed by atoms with Gasteiger partial charge in [0.2, 0.25) is 5.91 Å². The number of amides is 1. The van der Waals surface area contributed by atoms with E-state index in [9.17, 15) is 4.79 Å². The fourth-order valence-electron chi connectivity index (χ4n) is 3.32. The van der Waals surface area contributed by atoms with Crippen molar-refractivity contribution < 1.29 is 9.32 Å². The molecular formula is C17H18N4O2. The van der Waals surface area contributed by atoms with Gasteiger partial charge in [-0.1, -0.05) is 17.3 Å². The summed E-state index contributed by atoms with van der Waals surface area (Å²) in [5.74, 6) is -0.0363. The van der Waals surface area contributed by atoms with Crippen molar-refractivity contribution in [3.05, 3.63) is 47.4 Å². The van der Waals surface area contributed by atoms with Gasteiger partial charge in [-0.05, 0) is 31.4 Å². The Labute approximate surface area is 133 Å². The molecule has 3 aromatic rings. The van der Waals surface area contributed by atoms with E-state index in [4.69, 9.17) is 4.52 Å². The minimum Gasteiger partial charge on any atom is -0.356 e. The SMILES string of the molecule is Cn1ncc2c1CCC[C@@H]2NC(=O)Cc1noc2ccccc12. The van der Waals surface area contributed by atoms with Gasteiger partial charge in [0.05, 0.1) is 18.7 Å². The number of hydrogen-bond acceptors (Lipinski definition) is 4. The first-order valence-corrected chi connectivity index (χ1v) is 7.86. The van der Waals surface area contributed by atoms with Crippen molar-refractivity contribution in [1.29, 1.82) is 0 Å². The average molecular weight is 310 g/mol. The van der Waals surface area contributed by atoms with Crippen LogP contribution < -0.4 is 5.32 Å². The molecule has 0 radical (unpaired) electrons. The Bertz CT molecular complexity index is 864. The third-order valence-corrected chi connectivity index (χ3v) is 4.49. The summed E-state index contributed by atoms with van der Waals surface area (Å²) in [6.45, 7) is 0. The molecule has 2 heterocycles. The molecule has 0 saturated heterocycles. The molecule has 0 bridgehead atoms. The lowest BCUT2D eigenvalue weighted by atomic mass is 9.93. The number of carbonyl (C=O) groups is 1. The monoisotopic (exact) mass is 310 g/mol. The molecule has 1 amide bonds. The number of carbonyl (C=O) groups excluding carboxylic acids is 1. The molecule has 1 aromatic carbocycles. The number of rotatable bonds is 3. The van der Waals surface area contributed by atoms with E-state index in [0.717, 1.165) is 30.2 Å². The average Bonchev–Trinajstić information content (AvgIpc) is 3.13. The normalized spacial score (nSPS) is 17.2. The second-order valence-electron chi connectivity index (χ2n) is 5.98. The van der Waals surface area contributed by atoms with Gasteiger partial charge in [0.1, 0.15) is 5.69 Å². The van der Waals surface area contributed by atoms with Crippen LogP contribution in [0, 0.1) is 0 Å². The summed E-state index contributed by atoms with van der Waals surface area (Å²) in [4.78, 5) is 12.4. The number of fused-ring (bicyclic) bond motifs is 2. The summed E-state index contributed by atoms with van der Waals surface area (Å²) in [6.07, 6.45) is 5.12. The fourth-order valence-corrected chi connectivity index (χ4v) is 3.32. The van der Waals surface area contributed by atoms with E-state index in [0.29, 0.717) is 11.3 Å². The zero-order chi connectivity index (χ0) is 15.8. The van der Waals surface area contributed by atoms with E-state index < -0.39 is 0 Å². The van der Waals surface area contributed by atoms with Crippen LogP contribution in [0.1, 0.15) is 35.8 Å². The maximum Gasteiger partial charge on any atom is 0.226 e. The van der Waals surface area contributed by atoms with Gasteiger partial charge in [0.15, 0.2) is 5.58 Å². The van der Waals surface area contributed by atoms with Gasteiger partial charge in [-0.3, -0.25) is 9.48 Å². The molecule has 0 fully saturated rings. The number of nitrogens with zero attached hydrogens (tertiary/aromatic N) is 3. The Morgan fingerprint density at radius 2 is 2.30 bits per heavy atom. The Morgan fingerprint density at radius 1 is 1.43 bits per heavy atom. The van der Waals surface area contributed by atoms with Gasteiger partial charge in [0.25, 0.3) is 0 Å². The summed E-state index contributed by atoms with van der Waals surface area (Å²) in [5.41, 5.74) is 3.74. The first-order chi connectivity index (χ1) is 11.2. The number of aromatic nitrogens is 3. The van der Waals surface area contributed by atoms with Crippen LogP contribution in [0.2, 0.25) is 0 Å². The molecule has 1 N–H and O–H groups in total. The Hall–Kier alpha value is -2.63. The van der Waals surface area contributed by atoms with E-state index in [2.05, 4.69) is 15.6 Å². The smallest absolute Gasteiger partial charge is 0.226 e. The third kappa shape index (κ3) is 2.50. The van der Waals surface area contributed by atoms with Crippen molar-refractivity contribution in [3.8, 4) is 0 Å². The van der Waals surface area contributed by atoms with E-state index in [1.54, 1.807) is 0 Å². The van der Waals surface area contributed by atoms with E-state index in [1.807, 2.05) is 42.2 Å². The van der Waals surface area contributed by atoms with Crippen LogP contribution in [0.15, 0.2) is 35.0 Å². The zero-order valence-corrected chi connectivity index (χ0v) is 13.0. The van der Waals surface area contributed by atoms with Gasteiger partial charge in [-0.15, -0.1) is 0 Å².